The van der Waals surface area contributed by atoms with Gasteiger partial charge in [-0.3, -0.25) is 9.20 Å². The number of aromatic nitrogens is 3. The third-order valence-corrected chi connectivity index (χ3v) is 3.78. The van der Waals surface area contributed by atoms with Gasteiger partial charge >= 0.3 is 0 Å². The van der Waals surface area contributed by atoms with E-state index in [1.807, 2.05) is 29.7 Å². The summed E-state index contributed by atoms with van der Waals surface area (Å²) in [6.45, 7) is 4.57. The van der Waals surface area contributed by atoms with Gasteiger partial charge in [0.1, 0.15) is 5.82 Å². The minimum absolute atomic E-state index is 0.0864. The van der Waals surface area contributed by atoms with Crippen LogP contribution in [0.15, 0.2) is 42.6 Å². The number of pyridine rings is 1. The predicted octanol–water partition coefficient (Wildman–Crippen LogP) is 2.32. The van der Waals surface area contributed by atoms with E-state index in [1.165, 1.54) is 11.1 Å². The third-order valence-electron chi connectivity index (χ3n) is 3.78. The quantitative estimate of drug-likeness (QED) is 0.803. The van der Waals surface area contributed by atoms with Crippen LogP contribution in [0.25, 0.3) is 5.65 Å². The molecule has 5 heteroatoms. The molecule has 0 saturated heterocycles. The Balaban J connectivity index is 1.65. The summed E-state index contributed by atoms with van der Waals surface area (Å²) in [4.78, 5) is 12.2. The third kappa shape index (κ3) is 2.83. The molecule has 0 spiro atoms. The molecule has 0 fully saturated rings. The molecule has 2 heterocycles. The lowest BCUT2D eigenvalue weighted by Crippen LogP contribution is -2.25. The van der Waals surface area contributed by atoms with Crippen molar-refractivity contribution < 1.29 is 4.79 Å². The Kier molecular flexibility index (Phi) is 3.87. The smallest absolute Gasteiger partial charge is 0.251 e. The molecule has 0 aliphatic heterocycles. The first kappa shape index (κ1) is 14.3. The minimum atomic E-state index is -0.0864. The lowest BCUT2D eigenvalue weighted by atomic mass is 10.1. The summed E-state index contributed by atoms with van der Waals surface area (Å²) in [5.74, 6) is 0.721. The van der Waals surface area contributed by atoms with E-state index in [-0.39, 0.29) is 5.91 Å². The summed E-state index contributed by atoms with van der Waals surface area (Å²) in [6.07, 6.45) is 2.64. The summed E-state index contributed by atoms with van der Waals surface area (Å²) < 4.78 is 1.85. The molecule has 0 saturated carbocycles. The van der Waals surface area contributed by atoms with Gasteiger partial charge in [-0.25, -0.2) is 0 Å². The molecule has 1 aromatic carbocycles. The monoisotopic (exact) mass is 294 g/mol. The van der Waals surface area contributed by atoms with Crippen LogP contribution in [0.3, 0.4) is 0 Å². The van der Waals surface area contributed by atoms with E-state index in [4.69, 9.17) is 0 Å². The molecule has 22 heavy (non-hydrogen) atoms. The van der Waals surface area contributed by atoms with E-state index in [9.17, 15) is 4.79 Å². The van der Waals surface area contributed by atoms with Crippen molar-refractivity contribution in [2.45, 2.75) is 20.3 Å². The van der Waals surface area contributed by atoms with Crippen LogP contribution in [0.5, 0.6) is 0 Å². The van der Waals surface area contributed by atoms with E-state index < -0.39 is 0 Å². The Hall–Kier alpha value is -2.69. The number of fused-ring (bicyclic) bond motifs is 1. The highest BCUT2D eigenvalue weighted by molar-refractivity contribution is 5.95. The highest BCUT2D eigenvalue weighted by Gasteiger charge is 2.08. The Morgan fingerprint density at radius 3 is 2.82 bits per heavy atom. The van der Waals surface area contributed by atoms with Gasteiger partial charge in [-0.1, -0.05) is 24.3 Å². The number of carbonyl (C=O) groups is 1. The molecule has 0 atom stereocenters. The highest BCUT2D eigenvalue weighted by Crippen LogP contribution is 2.08. The fraction of sp³-hybridized carbons (Fsp3) is 0.235. The number of carbonyl (C=O) groups excluding carboxylic acids is 1. The fourth-order valence-electron chi connectivity index (χ4n) is 2.45. The van der Waals surface area contributed by atoms with Crippen molar-refractivity contribution in [3.8, 4) is 0 Å². The Bertz CT molecular complexity index is 822. The normalized spacial score (nSPS) is 10.8. The largest absolute Gasteiger partial charge is 0.352 e. The van der Waals surface area contributed by atoms with Crippen molar-refractivity contribution in [1.29, 1.82) is 0 Å². The zero-order valence-electron chi connectivity index (χ0n) is 12.7. The predicted molar refractivity (Wildman–Crippen MR) is 84.9 cm³/mol. The second kappa shape index (κ2) is 5.97. The van der Waals surface area contributed by atoms with Gasteiger partial charge in [0, 0.05) is 18.3 Å². The first-order chi connectivity index (χ1) is 10.6. The molecule has 0 radical (unpaired) electrons. The summed E-state index contributed by atoms with van der Waals surface area (Å²) in [5.41, 5.74) is 3.79. The van der Waals surface area contributed by atoms with Crippen molar-refractivity contribution in [2.75, 3.05) is 6.54 Å². The lowest BCUT2D eigenvalue weighted by Gasteiger charge is -2.07. The van der Waals surface area contributed by atoms with Gasteiger partial charge in [-0.15, -0.1) is 10.2 Å². The Morgan fingerprint density at radius 2 is 2.00 bits per heavy atom. The fourth-order valence-corrected chi connectivity index (χ4v) is 2.45. The average Bonchev–Trinajstić information content (AvgIpc) is 2.90. The number of amides is 1. The number of nitrogens with one attached hydrogen (secondary N) is 1. The molecule has 0 aliphatic carbocycles. The van der Waals surface area contributed by atoms with Crippen molar-refractivity contribution in [3.63, 3.8) is 0 Å². The molecule has 5 nitrogen and oxygen atoms in total. The van der Waals surface area contributed by atoms with Crippen molar-refractivity contribution in [3.05, 3.63) is 65.1 Å². The van der Waals surface area contributed by atoms with E-state index in [1.54, 1.807) is 12.1 Å². The number of hydrogen-bond donors (Lipinski definition) is 1. The van der Waals surface area contributed by atoms with Gasteiger partial charge in [0.05, 0.1) is 0 Å². The molecule has 0 aliphatic rings. The maximum absolute atomic E-state index is 12.2. The topological polar surface area (TPSA) is 59.3 Å². The first-order valence-corrected chi connectivity index (χ1v) is 7.29. The zero-order valence-corrected chi connectivity index (χ0v) is 12.7. The molecule has 1 N–H and O–H groups in total. The van der Waals surface area contributed by atoms with Crippen LogP contribution in [0.4, 0.5) is 0 Å². The summed E-state index contributed by atoms with van der Waals surface area (Å²) in [6, 6.07) is 11.7. The summed E-state index contributed by atoms with van der Waals surface area (Å²) in [7, 11) is 0. The summed E-state index contributed by atoms with van der Waals surface area (Å²) in [5, 5.41) is 11.0. The molecule has 0 bridgehead atoms. The van der Waals surface area contributed by atoms with Gasteiger partial charge in [0.25, 0.3) is 5.91 Å². The molecule has 1 amide bonds. The summed E-state index contributed by atoms with van der Waals surface area (Å²) >= 11 is 0. The van der Waals surface area contributed by atoms with E-state index in [0.29, 0.717) is 17.8 Å². The average molecular weight is 294 g/mol. The molecule has 2 aromatic heterocycles. The highest BCUT2D eigenvalue weighted by atomic mass is 16.1. The van der Waals surface area contributed by atoms with Crippen molar-refractivity contribution in [2.24, 2.45) is 0 Å². The second-order valence-electron chi connectivity index (χ2n) is 5.32. The standard InChI is InChI=1S/C17H18N4O/c1-12-5-3-4-6-14(12)7-9-18-17(22)15-8-10-21-13(2)19-20-16(21)11-15/h3-6,8,10-11H,7,9H2,1-2H3,(H,18,22). The molecular weight excluding hydrogens is 276 g/mol. The van der Waals surface area contributed by atoms with Crippen LogP contribution in [0, 0.1) is 13.8 Å². The minimum Gasteiger partial charge on any atom is -0.352 e. The number of rotatable bonds is 4. The van der Waals surface area contributed by atoms with E-state index in [0.717, 1.165) is 12.2 Å². The van der Waals surface area contributed by atoms with E-state index >= 15 is 0 Å². The van der Waals surface area contributed by atoms with Crippen molar-refractivity contribution >= 4 is 11.6 Å². The number of aryl methyl sites for hydroxylation is 2. The molecule has 3 aromatic rings. The van der Waals surface area contributed by atoms with Crippen LogP contribution in [-0.2, 0) is 6.42 Å². The second-order valence-corrected chi connectivity index (χ2v) is 5.32. The number of nitrogens with zero attached hydrogens (tertiary/aromatic N) is 3. The molecular formula is C17H18N4O. The molecule has 112 valence electrons. The van der Waals surface area contributed by atoms with Crippen LogP contribution < -0.4 is 5.32 Å². The van der Waals surface area contributed by atoms with Crippen LogP contribution in [0.1, 0.15) is 27.3 Å². The van der Waals surface area contributed by atoms with Gasteiger partial charge in [0.15, 0.2) is 5.65 Å². The van der Waals surface area contributed by atoms with Gasteiger partial charge in [-0.2, -0.15) is 0 Å². The van der Waals surface area contributed by atoms with Crippen LogP contribution in [0.2, 0.25) is 0 Å². The van der Waals surface area contributed by atoms with E-state index in [2.05, 4.69) is 34.6 Å². The van der Waals surface area contributed by atoms with Crippen molar-refractivity contribution in [1.82, 2.24) is 19.9 Å². The van der Waals surface area contributed by atoms with Gasteiger partial charge < -0.3 is 5.32 Å². The maximum Gasteiger partial charge on any atom is 0.251 e. The lowest BCUT2D eigenvalue weighted by molar-refractivity contribution is 0.0954. The van der Waals surface area contributed by atoms with Gasteiger partial charge in [-0.05, 0) is 43.5 Å². The Morgan fingerprint density at radius 1 is 1.18 bits per heavy atom. The van der Waals surface area contributed by atoms with Gasteiger partial charge in [0.2, 0.25) is 0 Å². The number of hydrogen-bond acceptors (Lipinski definition) is 3. The first-order valence-electron chi connectivity index (χ1n) is 7.29. The van der Waals surface area contributed by atoms with Crippen LogP contribution >= 0.6 is 0 Å². The maximum atomic E-state index is 12.2. The molecule has 3 rings (SSSR count). The Labute approximate surface area is 129 Å². The SMILES string of the molecule is Cc1ccccc1CCNC(=O)c1ccn2c(C)nnc2c1. The number of benzene rings is 1. The molecule has 0 unspecified atom stereocenters. The van der Waals surface area contributed by atoms with Crippen LogP contribution in [-0.4, -0.2) is 27.0 Å². The zero-order chi connectivity index (χ0) is 15.5.